The number of aliphatic carboxylic acids is 1. The van der Waals surface area contributed by atoms with Gasteiger partial charge in [-0.05, 0) is 43.9 Å². The van der Waals surface area contributed by atoms with Crippen molar-refractivity contribution in [2.75, 3.05) is 0 Å². The van der Waals surface area contributed by atoms with E-state index in [1.165, 1.54) is 26.0 Å². The van der Waals surface area contributed by atoms with Crippen LogP contribution in [0.3, 0.4) is 0 Å². The summed E-state index contributed by atoms with van der Waals surface area (Å²) in [6.45, 7) is 2.94. The molecule has 0 saturated carbocycles. The zero-order chi connectivity index (χ0) is 12.8. The van der Waals surface area contributed by atoms with Crippen LogP contribution in [-0.2, 0) is 16.8 Å². The molecular formula is C13H15FO3. The van der Waals surface area contributed by atoms with Gasteiger partial charge in [-0.2, -0.15) is 0 Å². The van der Waals surface area contributed by atoms with Gasteiger partial charge in [0.05, 0.1) is 5.41 Å². The Kier molecular flexibility index (Phi) is 2.51. The molecule has 0 bridgehead atoms. The van der Waals surface area contributed by atoms with Gasteiger partial charge in [-0.1, -0.05) is 12.1 Å². The summed E-state index contributed by atoms with van der Waals surface area (Å²) in [4.78, 5) is 11.3. The largest absolute Gasteiger partial charge is 0.481 e. The number of aliphatic hydroxyl groups is 1. The van der Waals surface area contributed by atoms with Crippen molar-refractivity contribution < 1.29 is 19.4 Å². The van der Waals surface area contributed by atoms with Crippen molar-refractivity contribution in [3.8, 4) is 0 Å². The quantitative estimate of drug-likeness (QED) is 0.829. The number of carbonyl (C=O) groups is 1. The highest BCUT2D eigenvalue weighted by atomic mass is 19.1. The maximum atomic E-state index is 13.6. The first kappa shape index (κ1) is 12.0. The molecule has 1 aliphatic rings. The standard InChI is InChI=1S/C13H15FO3/c1-12(2,11(15)16)13(17)7-6-8-9(13)4-3-5-10(8)14/h3-5,17H,6-7H2,1-2H3,(H,15,16). The normalized spacial score (nSPS) is 23.5. The first-order valence-electron chi connectivity index (χ1n) is 5.54. The molecule has 2 rings (SSSR count). The number of hydrogen-bond acceptors (Lipinski definition) is 2. The molecule has 0 heterocycles. The Bertz CT molecular complexity index is 482. The van der Waals surface area contributed by atoms with Crippen LogP contribution in [-0.4, -0.2) is 16.2 Å². The minimum absolute atomic E-state index is 0.239. The molecule has 0 aliphatic heterocycles. The van der Waals surface area contributed by atoms with Crippen molar-refractivity contribution in [3.63, 3.8) is 0 Å². The fraction of sp³-hybridized carbons (Fsp3) is 0.462. The van der Waals surface area contributed by atoms with Crippen LogP contribution < -0.4 is 0 Å². The molecule has 3 nitrogen and oxygen atoms in total. The molecule has 1 aromatic carbocycles. The Labute approximate surface area is 98.9 Å². The van der Waals surface area contributed by atoms with Crippen LogP contribution >= 0.6 is 0 Å². The van der Waals surface area contributed by atoms with Crippen molar-refractivity contribution in [3.05, 3.63) is 35.1 Å². The van der Waals surface area contributed by atoms with Gasteiger partial charge in [0.2, 0.25) is 0 Å². The number of fused-ring (bicyclic) bond motifs is 1. The Hall–Kier alpha value is -1.42. The summed E-state index contributed by atoms with van der Waals surface area (Å²) in [7, 11) is 0. The minimum Gasteiger partial charge on any atom is -0.481 e. The fourth-order valence-electron chi connectivity index (χ4n) is 2.47. The first-order chi connectivity index (χ1) is 7.80. The van der Waals surface area contributed by atoms with Crippen LogP contribution in [0.1, 0.15) is 31.4 Å². The second kappa shape index (κ2) is 3.53. The van der Waals surface area contributed by atoms with E-state index in [0.717, 1.165) is 0 Å². The van der Waals surface area contributed by atoms with Gasteiger partial charge in [0.25, 0.3) is 0 Å². The highest BCUT2D eigenvalue weighted by Crippen LogP contribution is 2.49. The van der Waals surface area contributed by atoms with Crippen molar-refractivity contribution in [1.82, 2.24) is 0 Å². The lowest BCUT2D eigenvalue weighted by molar-refractivity contribution is -0.166. The molecular weight excluding hydrogens is 223 g/mol. The van der Waals surface area contributed by atoms with E-state index in [2.05, 4.69) is 0 Å². The van der Waals surface area contributed by atoms with Crippen molar-refractivity contribution in [2.45, 2.75) is 32.3 Å². The van der Waals surface area contributed by atoms with E-state index in [4.69, 9.17) is 0 Å². The van der Waals surface area contributed by atoms with Crippen LogP contribution in [0.15, 0.2) is 18.2 Å². The van der Waals surface area contributed by atoms with E-state index in [0.29, 0.717) is 17.5 Å². The van der Waals surface area contributed by atoms with Crippen LogP contribution in [0.25, 0.3) is 0 Å². The highest BCUT2D eigenvalue weighted by molar-refractivity contribution is 5.76. The van der Waals surface area contributed by atoms with E-state index in [1.54, 1.807) is 6.07 Å². The lowest BCUT2D eigenvalue weighted by Crippen LogP contribution is -2.45. The minimum atomic E-state index is -1.50. The molecule has 1 aliphatic carbocycles. The van der Waals surface area contributed by atoms with E-state index in [-0.39, 0.29) is 12.2 Å². The molecule has 4 heteroatoms. The van der Waals surface area contributed by atoms with Gasteiger partial charge >= 0.3 is 5.97 Å². The van der Waals surface area contributed by atoms with Gasteiger partial charge in [-0.25, -0.2) is 4.39 Å². The summed E-state index contributed by atoms with van der Waals surface area (Å²) in [5.41, 5.74) is -2.00. The number of halogens is 1. The average molecular weight is 238 g/mol. The van der Waals surface area contributed by atoms with Crippen LogP contribution in [0, 0.1) is 11.2 Å². The Balaban J connectivity index is 2.59. The zero-order valence-electron chi connectivity index (χ0n) is 9.83. The zero-order valence-corrected chi connectivity index (χ0v) is 9.83. The Morgan fingerprint density at radius 2 is 2.12 bits per heavy atom. The lowest BCUT2D eigenvalue weighted by Gasteiger charge is -2.37. The van der Waals surface area contributed by atoms with Crippen LogP contribution in [0.5, 0.6) is 0 Å². The molecule has 0 amide bonds. The predicted octanol–water partition coefficient (Wildman–Crippen LogP) is 2.07. The molecule has 17 heavy (non-hydrogen) atoms. The number of hydrogen-bond donors (Lipinski definition) is 2. The Morgan fingerprint density at radius 3 is 2.71 bits per heavy atom. The number of carboxylic acid groups (broad SMARTS) is 1. The SMILES string of the molecule is CC(C)(C(=O)O)C1(O)CCc2c(F)cccc21. The number of rotatable bonds is 2. The lowest BCUT2D eigenvalue weighted by atomic mass is 9.71. The van der Waals surface area contributed by atoms with Gasteiger partial charge < -0.3 is 10.2 Å². The van der Waals surface area contributed by atoms with Gasteiger partial charge in [-0.3, -0.25) is 4.79 Å². The molecule has 0 saturated heterocycles. The van der Waals surface area contributed by atoms with Crippen LogP contribution in [0.4, 0.5) is 4.39 Å². The fourth-order valence-corrected chi connectivity index (χ4v) is 2.47. The van der Waals surface area contributed by atoms with Gasteiger partial charge in [0.1, 0.15) is 11.4 Å². The maximum absolute atomic E-state index is 13.6. The second-order valence-electron chi connectivity index (χ2n) is 5.06. The molecule has 1 aromatic rings. The predicted molar refractivity (Wildman–Crippen MR) is 60.0 cm³/mol. The summed E-state index contributed by atoms with van der Waals surface area (Å²) >= 11 is 0. The van der Waals surface area contributed by atoms with Crippen molar-refractivity contribution in [1.29, 1.82) is 0 Å². The van der Waals surface area contributed by atoms with Gasteiger partial charge in [0, 0.05) is 0 Å². The molecule has 2 N–H and O–H groups in total. The molecule has 0 spiro atoms. The van der Waals surface area contributed by atoms with E-state index in [1.807, 2.05) is 0 Å². The third kappa shape index (κ3) is 1.47. The monoisotopic (exact) mass is 238 g/mol. The topological polar surface area (TPSA) is 57.5 Å². The molecule has 1 unspecified atom stereocenters. The summed E-state index contributed by atoms with van der Waals surface area (Å²) in [6.07, 6.45) is 0.609. The van der Waals surface area contributed by atoms with E-state index in [9.17, 15) is 19.4 Å². The first-order valence-corrected chi connectivity index (χ1v) is 5.54. The summed E-state index contributed by atoms with van der Waals surface area (Å²) in [5, 5.41) is 19.8. The number of benzene rings is 1. The van der Waals surface area contributed by atoms with Gasteiger partial charge in [-0.15, -0.1) is 0 Å². The third-order valence-electron chi connectivity index (χ3n) is 3.87. The summed E-state index contributed by atoms with van der Waals surface area (Å²) in [6, 6.07) is 4.44. The second-order valence-corrected chi connectivity index (χ2v) is 5.06. The van der Waals surface area contributed by atoms with E-state index < -0.39 is 17.0 Å². The van der Waals surface area contributed by atoms with Crippen LogP contribution in [0.2, 0.25) is 0 Å². The summed E-state index contributed by atoms with van der Waals surface area (Å²) < 4.78 is 13.6. The molecule has 92 valence electrons. The third-order valence-corrected chi connectivity index (χ3v) is 3.87. The van der Waals surface area contributed by atoms with Crippen molar-refractivity contribution in [2.24, 2.45) is 5.41 Å². The maximum Gasteiger partial charge on any atom is 0.312 e. The van der Waals surface area contributed by atoms with Crippen molar-refractivity contribution >= 4 is 5.97 Å². The van der Waals surface area contributed by atoms with Gasteiger partial charge in [0.15, 0.2) is 0 Å². The molecule has 0 fully saturated rings. The Morgan fingerprint density at radius 1 is 1.47 bits per heavy atom. The molecule has 0 radical (unpaired) electrons. The highest BCUT2D eigenvalue weighted by Gasteiger charge is 2.53. The smallest absolute Gasteiger partial charge is 0.312 e. The number of carboxylic acids is 1. The summed E-state index contributed by atoms with van der Waals surface area (Å²) in [5.74, 6) is -1.46. The molecule has 1 atom stereocenters. The average Bonchev–Trinajstić information content (AvgIpc) is 2.60. The van der Waals surface area contributed by atoms with E-state index >= 15 is 0 Å². The molecule has 0 aromatic heterocycles.